The van der Waals surface area contributed by atoms with E-state index in [1.54, 1.807) is 6.92 Å². The Balaban J connectivity index is 1.60. The van der Waals surface area contributed by atoms with E-state index < -0.39 is 23.6 Å². The molecule has 2 atom stereocenters. The Kier molecular flexibility index (Phi) is 6.36. The van der Waals surface area contributed by atoms with Crippen LogP contribution in [0, 0.1) is 17.6 Å². The summed E-state index contributed by atoms with van der Waals surface area (Å²) in [6, 6.07) is 11.6. The lowest BCUT2D eigenvalue weighted by atomic mass is 9.95. The van der Waals surface area contributed by atoms with Gasteiger partial charge < -0.3 is 10.6 Å². The van der Waals surface area contributed by atoms with Gasteiger partial charge in [-0.05, 0) is 50.6 Å². The number of rotatable bonds is 5. The fourth-order valence-electron chi connectivity index (χ4n) is 3.33. The van der Waals surface area contributed by atoms with Crippen LogP contribution in [0.4, 0.5) is 20.2 Å². The maximum atomic E-state index is 13.8. The largest absolute Gasteiger partial charge is 0.326 e. The SMILES string of the molecule is C[C@H](C(=O)Nc1cc(F)ccc1F)N1CCC[C@H](C(=O)Nc2ccccc2)C1. The van der Waals surface area contributed by atoms with E-state index in [1.165, 1.54) is 0 Å². The summed E-state index contributed by atoms with van der Waals surface area (Å²) in [4.78, 5) is 26.9. The predicted octanol–water partition coefficient (Wildman–Crippen LogP) is 3.64. The summed E-state index contributed by atoms with van der Waals surface area (Å²) in [5.74, 6) is -2.08. The number of amides is 2. The summed E-state index contributed by atoms with van der Waals surface area (Å²) >= 11 is 0. The van der Waals surface area contributed by atoms with Gasteiger partial charge in [-0.1, -0.05) is 18.2 Å². The highest BCUT2D eigenvalue weighted by molar-refractivity contribution is 5.95. The van der Waals surface area contributed by atoms with E-state index in [9.17, 15) is 18.4 Å². The number of nitrogens with one attached hydrogen (secondary N) is 2. The molecule has 1 fully saturated rings. The van der Waals surface area contributed by atoms with Crippen molar-refractivity contribution in [3.8, 4) is 0 Å². The fraction of sp³-hybridized carbons (Fsp3) is 0.333. The maximum absolute atomic E-state index is 13.8. The van der Waals surface area contributed by atoms with Gasteiger partial charge in [0.2, 0.25) is 11.8 Å². The van der Waals surface area contributed by atoms with Crippen molar-refractivity contribution in [1.29, 1.82) is 0 Å². The van der Waals surface area contributed by atoms with Crippen LogP contribution < -0.4 is 10.6 Å². The van der Waals surface area contributed by atoms with Gasteiger partial charge in [-0.15, -0.1) is 0 Å². The molecule has 2 N–H and O–H groups in total. The first-order chi connectivity index (χ1) is 13.4. The van der Waals surface area contributed by atoms with Crippen molar-refractivity contribution in [1.82, 2.24) is 4.90 Å². The molecular formula is C21H23F2N3O2. The first kappa shape index (κ1) is 19.9. The third kappa shape index (κ3) is 4.92. The molecule has 0 spiro atoms. The molecule has 2 aromatic rings. The monoisotopic (exact) mass is 387 g/mol. The van der Waals surface area contributed by atoms with Crippen molar-refractivity contribution in [2.45, 2.75) is 25.8 Å². The minimum Gasteiger partial charge on any atom is -0.326 e. The Morgan fingerprint density at radius 3 is 2.61 bits per heavy atom. The second-order valence-corrected chi connectivity index (χ2v) is 6.98. The highest BCUT2D eigenvalue weighted by Gasteiger charge is 2.31. The Bertz CT molecular complexity index is 845. The zero-order valence-electron chi connectivity index (χ0n) is 15.6. The van der Waals surface area contributed by atoms with Crippen LogP contribution in [-0.4, -0.2) is 35.8 Å². The first-order valence-electron chi connectivity index (χ1n) is 9.30. The van der Waals surface area contributed by atoms with Gasteiger partial charge in [0.25, 0.3) is 0 Å². The van der Waals surface area contributed by atoms with E-state index in [0.29, 0.717) is 13.1 Å². The van der Waals surface area contributed by atoms with Crippen LogP contribution in [0.25, 0.3) is 0 Å². The Labute approximate surface area is 162 Å². The van der Waals surface area contributed by atoms with E-state index in [2.05, 4.69) is 10.6 Å². The molecule has 3 rings (SSSR count). The third-order valence-electron chi connectivity index (χ3n) is 4.98. The van der Waals surface area contributed by atoms with E-state index in [0.717, 1.165) is 36.7 Å². The molecule has 0 aliphatic carbocycles. The number of anilines is 2. The molecule has 1 saturated heterocycles. The van der Waals surface area contributed by atoms with Crippen LogP contribution in [0.15, 0.2) is 48.5 Å². The van der Waals surface area contributed by atoms with Gasteiger partial charge in [-0.2, -0.15) is 0 Å². The molecule has 7 heteroatoms. The molecule has 2 aromatic carbocycles. The summed E-state index contributed by atoms with van der Waals surface area (Å²) in [5.41, 5.74) is 0.546. The van der Waals surface area contributed by atoms with Gasteiger partial charge in [0.15, 0.2) is 0 Å². The minimum atomic E-state index is -0.694. The predicted molar refractivity (Wildman–Crippen MR) is 104 cm³/mol. The number of nitrogens with zero attached hydrogens (tertiary/aromatic N) is 1. The standard InChI is InChI=1S/C21H23F2N3O2/c1-14(20(27)25-19-12-16(22)9-10-18(19)23)26-11-5-6-15(13-26)21(28)24-17-7-3-2-4-8-17/h2-4,7-10,12,14-15H,5-6,11,13H2,1H3,(H,24,28)(H,25,27)/t14-,15+/m1/s1. The van der Waals surface area contributed by atoms with Crippen LogP contribution in [0.2, 0.25) is 0 Å². The van der Waals surface area contributed by atoms with E-state index in [1.807, 2.05) is 35.2 Å². The van der Waals surface area contributed by atoms with Crippen LogP contribution in [0.5, 0.6) is 0 Å². The molecular weight excluding hydrogens is 364 g/mol. The summed E-state index contributed by atoms with van der Waals surface area (Å²) in [7, 11) is 0. The number of carbonyl (C=O) groups excluding carboxylic acids is 2. The number of benzene rings is 2. The van der Waals surface area contributed by atoms with Gasteiger partial charge >= 0.3 is 0 Å². The smallest absolute Gasteiger partial charge is 0.241 e. The summed E-state index contributed by atoms with van der Waals surface area (Å²) < 4.78 is 27.1. The number of halogens is 2. The second kappa shape index (κ2) is 8.93. The zero-order valence-corrected chi connectivity index (χ0v) is 15.6. The molecule has 1 heterocycles. The molecule has 1 aliphatic heterocycles. The third-order valence-corrected chi connectivity index (χ3v) is 4.98. The van der Waals surface area contributed by atoms with Crippen molar-refractivity contribution in [2.75, 3.05) is 23.7 Å². The molecule has 0 radical (unpaired) electrons. The molecule has 0 unspecified atom stereocenters. The highest BCUT2D eigenvalue weighted by Crippen LogP contribution is 2.22. The zero-order chi connectivity index (χ0) is 20.1. The van der Waals surface area contributed by atoms with Gasteiger partial charge in [0, 0.05) is 18.3 Å². The van der Waals surface area contributed by atoms with Crippen molar-refractivity contribution in [3.05, 3.63) is 60.2 Å². The van der Waals surface area contributed by atoms with E-state index >= 15 is 0 Å². The van der Waals surface area contributed by atoms with Crippen LogP contribution in [-0.2, 0) is 9.59 Å². The normalized spacial score (nSPS) is 18.3. The number of para-hydroxylation sites is 1. The molecule has 0 saturated carbocycles. The molecule has 28 heavy (non-hydrogen) atoms. The minimum absolute atomic E-state index is 0.0836. The lowest BCUT2D eigenvalue weighted by Crippen LogP contribution is -2.49. The maximum Gasteiger partial charge on any atom is 0.241 e. The van der Waals surface area contributed by atoms with E-state index in [-0.39, 0.29) is 17.5 Å². The highest BCUT2D eigenvalue weighted by atomic mass is 19.1. The second-order valence-electron chi connectivity index (χ2n) is 6.98. The average Bonchev–Trinajstić information content (AvgIpc) is 2.71. The van der Waals surface area contributed by atoms with E-state index in [4.69, 9.17) is 0 Å². The summed E-state index contributed by atoms with van der Waals surface area (Å²) in [6.07, 6.45) is 1.51. The van der Waals surface area contributed by atoms with Crippen molar-refractivity contribution in [2.24, 2.45) is 5.92 Å². The molecule has 5 nitrogen and oxygen atoms in total. The summed E-state index contributed by atoms with van der Waals surface area (Å²) in [6.45, 7) is 2.79. The lowest BCUT2D eigenvalue weighted by Gasteiger charge is -2.35. The molecule has 1 aliphatic rings. The quantitative estimate of drug-likeness (QED) is 0.823. The Hall–Kier alpha value is -2.80. The topological polar surface area (TPSA) is 61.4 Å². The Morgan fingerprint density at radius 1 is 1.11 bits per heavy atom. The number of piperidine rings is 1. The van der Waals surface area contributed by atoms with Gasteiger partial charge in [-0.25, -0.2) is 8.78 Å². The average molecular weight is 387 g/mol. The first-order valence-corrected chi connectivity index (χ1v) is 9.30. The molecule has 0 aromatic heterocycles. The van der Waals surface area contributed by atoms with Crippen LogP contribution in [0.1, 0.15) is 19.8 Å². The van der Waals surface area contributed by atoms with Gasteiger partial charge in [0.1, 0.15) is 11.6 Å². The van der Waals surface area contributed by atoms with Crippen LogP contribution in [0.3, 0.4) is 0 Å². The number of hydrogen-bond acceptors (Lipinski definition) is 3. The Morgan fingerprint density at radius 2 is 1.86 bits per heavy atom. The van der Waals surface area contributed by atoms with Crippen molar-refractivity contribution >= 4 is 23.2 Å². The summed E-state index contributed by atoms with van der Waals surface area (Å²) in [5, 5.41) is 5.33. The lowest BCUT2D eigenvalue weighted by molar-refractivity contribution is -0.125. The van der Waals surface area contributed by atoms with Gasteiger partial charge in [-0.3, -0.25) is 14.5 Å². The number of hydrogen-bond donors (Lipinski definition) is 2. The van der Waals surface area contributed by atoms with Gasteiger partial charge in [0.05, 0.1) is 17.6 Å². The number of carbonyl (C=O) groups is 2. The number of likely N-dealkylation sites (tertiary alicyclic amines) is 1. The molecule has 148 valence electrons. The van der Waals surface area contributed by atoms with Crippen LogP contribution >= 0.6 is 0 Å². The van der Waals surface area contributed by atoms with Crippen molar-refractivity contribution < 1.29 is 18.4 Å². The molecule has 2 amide bonds. The van der Waals surface area contributed by atoms with Crippen molar-refractivity contribution in [3.63, 3.8) is 0 Å². The molecule has 0 bridgehead atoms. The fourth-order valence-corrected chi connectivity index (χ4v) is 3.33.